The highest BCUT2D eigenvalue weighted by atomic mass is 79.9. The van der Waals surface area contributed by atoms with Crippen molar-refractivity contribution in [1.29, 1.82) is 0 Å². The molecule has 1 saturated heterocycles. The summed E-state index contributed by atoms with van der Waals surface area (Å²) in [5.74, 6) is 0.268. The Morgan fingerprint density at radius 3 is 2.65 bits per heavy atom. The molecule has 1 aliphatic rings. The number of halogens is 2. The number of sulfonamides is 1. The first-order valence-corrected chi connectivity index (χ1v) is 12.8. The van der Waals surface area contributed by atoms with Crippen LogP contribution in [0, 0.1) is 0 Å². The summed E-state index contributed by atoms with van der Waals surface area (Å²) < 4.78 is 35.0. The summed E-state index contributed by atoms with van der Waals surface area (Å²) in [6, 6.07) is 10.2. The van der Waals surface area contributed by atoms with Crippen molar-refractivity contribution in [3.63, 3.8) is 0 Å². The van der Waals surface area contributed by atoms with Crippen LogP contribution in [0.15, 0.2) is 56.7 Å². The van der Waals surface area contributed by atoms with E-state index in [-0.39, 0.29) is 31.4 Å². The Morgan fingerprint density at radius 1 is 1.19 bits per heavy atom. The van der Waals surface area contributed by atoms with Gasteiger partial charge in [-0.2, -0.15) is 9.40 Å². The van der Waals surface area contributed by atoms with E-state index in [4.69, 9.17) is 16.3 Å². The Hall–Kier alpha value is -1.92. The van der Waals surface area contributed by atoms with Crippen LogP contribution in [0.4, 0.5) is 0 Å². The Morgan fingerprint density at radius 2 is 1.97 bits per heavy atom. The van der Waals surface area contributed by atoms with Crippen molar-refractivity contribution in [1.82, 2.24) is 19.0 Å². The van der Waals surface area contributed by atoms with E-state index in [0.29, 0.717) is 28.1 Å². The van der Waals surface area contributed by atoms with Crippen molar-refractivity contribution in [2.45, 2.75) is 10.9 Å². The number of carbonyl (C=O) groups excluding carboxylic acids is 1. The van der Waals surface area contributed by atoms with Crippen LogP contribution in [-0.4, -0.2) is 59.5 Å². The highest BCUT2D eigenvalue weighted by molar-refractivity contribution is 9.10. The van der Waals surface area contributed by atoms with Crippen LogP contribution in [0.5, 0.6) is 5.75 Å². The molecule has 2 aromatic heterocycles. The number of piperazine rings is 1. The molecule has 0 aliphatic carbocycles. The van der Waals surface area contributed by atoms with Gasteiger partial charge in [0.05, 0.1) is 5.02 Å². The van der Waals surface area contributed by atoms with Crippen molar-refractivity contribution in [2.75, 3.05) is 26.2 Å². The van der Waals surface area contributed by atoms with E-state index in [2.05, 4.69) is 21.0 Å². The molecule has 1 aromatic carbocycles. The molecule has 1 amide bonds. The molecule has 0 saturated carbocycles. The number of rotatable bonds is 6. The summed E-state index contributed by atoms with van der Waals surface area (Å²) in [5, 5.41) is 6.47. The Balaban J connectivity index is 1.34. The van der Waals surface area contributed by atoms with Crippen LogP contribution >= 0.6 is 38.9 Å². The van der Waals surface area contributed by atoms with Gasteiger partial charge in [0.25, 0.3) is 15.9 Å². The van der Waals surface area contributed by atoms with Crippen LogP contribution in [0.25, 0.3) is 0 Å². The van der Waals surface area contributed by atoms with Gasteiger partial charge in [0, 0.05) is 36.8 Å². The lowest BCUT2D eigenvalue weighted by atomic mass is 10.3. The average Bonchev–Trinajstić information content (AvgIpc) is 3.45. The molecule has 0 radical (unpaired) electrons. The summed E-state index contributed by atoms with van der Waals surface area (Å²) in [5.41, 5.74) is 0.278. The minimum Gasteiger partial charge on any atom is -0.470 e. The second-order valence-electron chi connectivity index (χ2n) is 6.72. The Bertz CT molecular complexity index is 1180. The molecule has 0 N–H and O–H groups in total. The molecule has 8 nitrogen and oxygen atoms in total. The van der Waals surface area contributed by atoms with Crippen LogP contribution in [0.1, 0.15) is 10.5 Å². The minimum atomic E-state index is -3.50. The molecule has 3 aromatic rings. The number of amides is 1. The minimum absolute atomic E-state index is 0.0987. The SMILES string of the molecule is O=C(c1ccn(COc2ccc(Br)cc2Cl)n1)N1CCN(S(=O)(=O)c2cccs2)CC1. The number of aromatic nitrogens is 2. The molecule has 31 heavy (non-hydrogen) atoms. The van der Waals surface area contributed by atoms with Gasteiger partial charge < -0.3 is 9.64 Å². The van der Waals surface area contributed by atoms with Crippen molar-refractivity contribution in [3.8, 4) is 5.75 Å². The van der Waals surface area contributed by atoms with Crippen LogP contribution in [0.2, 0.25) is 5.02 Å². The zero-order valence-electron chi connectivity index (χ0n) is 16.1. The maximum absolute atomic E-state index is 12.8. The van der Waals surface area contributed by atoms with Crippen LogP contribution < -0.4 is 4.74 Å². The summed E-state index contributed by atoms with van der Waals surface area (Å²) in [6.07, 6.45) is 1.65. The smallest absolute Gasteiger partial charge is 0.274 e. The molecule has 0 unspecified atom stereocenters. The summed E-state index contributed by atoms with van der Waals surface area (Å²) >= 11 is 10.7. The lowest BCUT2D eigenvalue weighted by Crippen LogP contribution is -2.50. The molecule has 1 aliphatic heterocycles. The van der Waals surface area contributed by atoms with Gasteiger partial charge in [0.1, 0.15) is 9.96 Å². The number of carbonyl (C=O) groups is 1. The highest BCUT2D eigenvalue weighted by Crippen LogP contribution is 2.28. The van der Waals surface area contributed by atoms with E-state index >= 15 is 0 Å². The summed E-state index contributed by atoms with van der Waals surface area (Å²) in [4.78, 5) is 14.4. The van der Waals surface area contributed by atoms with Gasteiger partial charge in [0.2, 0.25) is 0 Å². The van der Waals surface area contributed by atoms with Crippen molar-refractivity contribution < 1.29 is 17.9 Å². The normalized spacial score (nSPS) is 15.2. The van der Waals surface area contributed by atoms with E-state index in [0.717, 1.165) is 4.47 Å². The number of ether oxygens (including phenoxy) is 1. The third kappa shape index (κ3) is 4.96. The lowest BCUT2D eigenvalue weighted by molar-refractivity contribution is 0.0690. The summed E-state index contributed by atoms with van der Waals surface area (Å²) in [6.45, 7) is 1.21. The van der Waals surface area contributed by atoms with Gasteiger partial charge >= 0.3 is 0 Å². The predicted molar refractivity (Wildman–Crippen MR) is 121 cm³/mol. The maximum atomic E-state index is 12.8. The fourth-order valence-corrected chi connectivity index (χ4v) is 6.40. The highest BCUT2D eigenvalue weighted by Gasteiger charge is 2.31. The predicted octanol–water partition coefficient (Wildman–Crippen LogP) is 3.54. The topological polar surface area (TPSA) is 84.7 Å². The Labute approximate surface area is 197 Å². The zero-order valence-corrected chi connectivity index (χ0v) is 20.1. The van der Waals surface area contributed by atoms with Gasteiger partial charge in [-0.15, -0.1) is 11.3 Å². The maximum Gasteiger partial charge on any atom is 0.274 e. The van der Waals surface area contributed by atoms with Gasteiger partial charge in [0.15, 0.2) is 12.4 Å². The molecular weight excluding hydrogens is 528 g/mol. The van der Waals surface area contributed by atoms with Gasteiger partial charge in [-0.3, -0.25) is 4.79 Å². The van der Waals surface area contributed by atoms with E-state index in [9.17, 15) is 13.2 Å². The molecule has 3 heterocycles. The second kappa shape index (κ2) is 9.29. The molecule has 4 rings (SSSR count). The number of benzene rings is 1. The van der Waals surface area contributed by atoms with Gasteiger partial charge in [-0.1, -0.05) is 33.6 Å². The first kappa shape index (κ1) is 22.3. The monoisotopic (exact) mass is 544 g/mol. The average molecular weight is 546 g/mol. The Kier molecular flexibility index (Phi) is 6.68. The largest absolute Gasteiger partial charge is 0.470 e. The van der Waals surface area contributed by atoms with Gasteiger partial charge in [-0.25, -0.2) is 13.1 Å². The van der Waals surface area contributed by atoms with Gasteiger partial charge in [-0.05, 0) is 35.7 Å². The van der Waals surface area contributed by atoms with E-state index in [1.54, 1.807) is 46.8 Å². The van der Waals surface area contributed by atoms with Crippen molar-refractivity contribution >= 4 is 54.8 Å². The molecule has 0 atom stereocenters. The number of nitrogens with zero attached hydrogens (tertiary/aromatic N) is 4. The zero-order chi connectivity index (χ0) is 22.0. The lowest BCUT2D eigenvalue weighted by Gasteiger charge is -2.33. The third-order valence-electron chi connectivity index (χ3n) is 4.72. The van der Waals surface area contributed by atoms with Crippen LogP contribution in [0.3, 0.4) is 0 Å². The van der Waals surface area contributed by atoms with E-state index in [1.807, 2.05) is 6.07 Å². The third-order valence-corrected chi connectivity index (χ3v) is 8.78. The standard InChI is InChI=1S/C19H18BrClN4O4S2/c20-14-3-4-17(15(21)12-14)29-13-24-6-5-16(22-24)19(26)23-7-9-25(10-8-23)31(27,28)18-2-1-11-30-18/h1-6,11-12H,7-10,13H2. The van der Waals surface area contributed by atoms with Crippen LogP contribution in [-0.2, 0) is 16.8 Å². The molecule has 12 heteroatoms. The molecule has 0 bridgehead atoms. The number of hydrogen-bond acceptors (Lipinski definition) is 6. The number of hydrogen-bond donors (Lipinski definition) is 0. The quantitative estimate of drug-likeness (QED) is 0.473. The molecule has 0 spiro atoms. The molecule has 1 fully saturated rings. The first-order valence-electron chi connectivity index (χ1n) is 9.29. The van der Waals surface area contributed by atoms with Crippen molar-refractivity contribution in [3.05, 3.63) is 63.2 Å². The van der Waals surface area contributed by atoms with E-state index in [1.165, 1.54) is 20.3 Å². The fraction of sp³-hybridized carbons (Fsp3) is 0.263. The first-order chi connectivity index (χ1) is 14.8. The fourth-order valence-electron chi connectivity index (χ4n) is 3.11. The molecular formula is C19H18BrClN4O4S2. The van der Waals surface area contributed by atoms with E-state index < -0.39 is 10.0 Å². The number of thiophene rings is 1. The van der Waals surface area contributed by atoms with Crippen molar-refractivity contribution in [2.24, 2.45) is 0 Å². The second-order valence-corrected chi connectivity index (χ2v) is 11.2. The molecule has 164 valence electrons. The summed E-state index contributed by atoms with van der Waals surface area (Å²) in [7, 11) is -3.50.